The number of nitrogen functional groups attached to an aromatic ring is 1. The first kappa shape index (κ1) is 14.1. The van der Waals surface area contributed by atoms with E-state index in [9.17, 15) is 4.79 Å². The van der Waals surface area contributed by atoms with E-state index in [1.807, 2.05) is 0 Å². The maximum absolute atomic E-state index is 12.8. The summed E-state index contributed by atoms with van der Waals surface area (Å²) in [4.78, 5) is 22.8. The van der Waals surface area contributed by atoms with Crippen LogP contribution in [0.4, 0.5) is 5.82 Å². The molecule has 3 N–H and O–H groups in total. The number of carbonyl (C=O) groups excluding carboxylic acids is 1. The van der Waals surface area contributed by atoms with Crippen LogP contribution in [0.5, 0.6) is 0 Å². The second-order valence-corrected chi connectivity index (χ2v) is 5.82. The molecule has 0 unspecified atom stereocenters. The Balaban J connectivity index is 1.55. The molecule has 3 heterocycles. The number of H-pyrrole nitrogens is 1. The molecule has 0 spiro atoms. The van der Waals surface area contributed by atoms with Gasteiger partial charge in [-0.3, -0.25) is 14.9 Å². The van der Waals surface area contributed by atoms with E-state index in [1.165, 1.54) is 6.20 Å². The molecular formula is C15H18N6O2. The number of aromatic nitrogens is 4. The predicted octanol–water partition coefficient (Wildman–Crippen LogP) is 0.484. The number of aromatic amines is 1. The topological polar surface area (TPSA) is 110 Å². The molecule has 0 radical (unpaired) electrons. The zero-order valence-corrected chi connectivity index (χ0v) is 12.7. The molecule has 8 nitrogen and oxygen atoms in total. The number of ether oxygens (including phenoxy) is 1. The number of hydrogen-bond acceptors (Lipinski definition) is 6. The average molecular weight is 314 g/mol. The van der Waals surface area contributed by atoms with Gasteiger partial charge in [-0.25, -0.2) is 4.98 Å². The zero-order valence-electron chi connectivity index (χ0n) is 12.7. The van der Waals surface area contributed by atoms with Gasteiger partial charge in [-0.1, -0.05) is 0 Å². The van der Waals surface area contributed by atoms with E-state index in [4.69, 9.17) is 10.5 Å². The summed E-state index contributed by atoms with van der Waals surface area (Å²) >= 11 is 0. The standard InChI is InChI=1S/C15H18N6O2/c16-14-13(17-4-5-18-14)11-8-21(6-7-23-11)15(22)12-9-2-1-3-10(9)19-20-12/h4-5,11H,1-3,6-8H2,(H2,16,18)(H,19,20)/t11-/m1/s1. The summed E-state index contributed by atoms with van der Waals surface area (Å²) in [5.74, 6) is 0.285. The van der Waals surface area contributed by atoms with E-state index in [2.05, 4.69) is 20.2 Å². The third kappa shape index (κ3) is 2.44. The lowest BCUT2D eigenvalue weighted by molar-refractivity contribution is -0.0247. The van der Waals surface area contributed by atoms with E-state index < -0.39 is 0 Å². The molecule has 1 fully saturated rings. The third-order valence-corrected chi connectivity index (χ3v) is 4.42. The average Bonchev–Trinajstić information content (AvgIpc) is 3.18. The number of aryl methyl sites for hydroxylation is 1. The van der Waals surface area contributed by atoms with Gasteiger partial charge in [0.25, 0.3) is 5.91 Å². The highest BCUT2D eigenvalue weighted by molar-refractivity contribution is 5.94. The first-order chi connectivity index (χ1) is 11.2. The number of fused-ring (bicyclic) bond motifs is 1. The van der Waals surface area contributed by atoms with E-state index in [0.29, 0.717) is 36.9 Å². The van der Waals surface area contributed by atoms with Crippen molar-refractivity contribution in [1.29, 1.82) is 0 Å². The van der Waals surface area contributed by atoms with Crippen molar-refractivity contribution >= 4 is 11.7 Å². The SMILES string of the molecule is Nc1nccnc1[C@H]1CN(C(=O)c2n[nH]c3c2CCC3)CCO1. The molecule has 0 saturated carbocycles. The van der Waals surface area contributed by atoms with Crippen molar-refractivity contribution in [3.8, 4) is 0 Å². The highest BCUT2D eigenvalue weighted by Crippen LogP contribution is 2.27. The molecule has 2 aliphatic rings. The summed E-state index contributed by atoms with van der Waals surface area (Å²) < 4.78 is 5.73. The van der Waals surface area contributed by atoms with Crippen molar-refractivity contribution in [2.24, 2.45) is 0 Å². The van der Waals surface area contributed by atoms with Crippen molar-refractivity contribution < 1.29 is 9.53 Å². The summed E-state index contributed by atoms with van der Waals surface area (Å²) in [7, 11) is 0. The first-order valence-electron chi connectivity index (χ1n) is 7.77. The maximum atomic E-state index is 12.8. The van der Waals surface area contributed by atoms with Crippen LogP contribution in [0, 0.1) is 0 Å². The van der Waals surface area contributed by atoms with Gasteiger partial charge in [0.2, 0.25) is 0 Å². The number of nitrogens with one attached hydrogen (secondary N) is 1. The number of nitrogens with zero attached hydrogens (tertiary/aromatic N) is 4. The lowest BCUT2D eigenvalue weighted by Crippen LogP contribution is -2.43. The normalized spacial score (nSPS) is 20.5. The maximum Gasteiger partial charge on any atom is 0.274 e. The fourth-order valence-corrected chi connectivity index (χ4v) is 3.25. The van der Waals surface area contributed by atoms with Gasteiger partial charge in [0, 0.05) is 30.2 Å². The molecule has 0 aromatic carbocycles. The monoisotopic (exact) mass is 314 g/mol. The van der Waals surface area contributed by atoms with Gasteiger partial charge in [-0.05, 0) is 19.3 Å². The molecule has 1 saturated heterocycles. The molecular weight excluding hydrogens is 296 g/mol. The van der Waals surface area contributed by atoms with Crippen LogP contribution in [-0.2, 0) is 17.6 Å². The minimum absolute atomic E-state index is 0.0554. The van der Waals surface area contributed by atoms with Crippen LogP contribution in [0.1, 0.15) is 40.0 Å². The van der Waals surface area contributed by atoms with Gasteiger partial charge < -0.3 is 15.4 Å². The van der Waals surface area contributed by atoms with E-state index in [0.717, 1.165) is 30.5 Å². The third-order valence-electron chi connectivity index (χ3n) is 4.42. The number of nitrogens with two attached hydrogens (primary N) is 1. The summed E-state index contributed by atoms with van der Waals surface area (Å²) in [6.45, 7) is 1.39. The first-order valence-corrected chi connectivity index (χ1v) is 7.77. The van der Waals surface area contributed by atoms with Gasteiger partial charge in [0.15, 0.2) is 5.69 Å². The number of morpholine rings is 1. The smallest absolute Gasteiger partial charge is 0.274 e. The molecule has 1 atom stereocenters. The molecule has 1 aliphatic carbocycles. The molecule has 0 bridgehead atoms. The number of carbonyl (C=O) groups is 1. The molecule has 23 heavy (non-hydrogen) atoms. The van der Waals surface area contributed by atoms with Crippen molar-refractivity contribution in [3.05, 3.63) is 35.0 Å². The Morgan fingerprint density at radius 1 is 1.35 bits per heavy atom. The molecule has 2 aromatic rings. The Labute approximate surface area is 133 Å². The summed E-state index contributed by atoms with van der Waals surface area (Å²) in [5, 5.41) is 7.21. The minimum atomic E-state index is -0.353. The molecule has 8 heteroatoms. The number of hydrogen-bond donors (Lipinski definition) is 2. The Bertz CT molecular complexity index is 743. The number of anilines is 1. The Morgan fingerprint density at radius 2 is 2.22 bits per heavy atom. The quantitative estimate of drug-likeness (QED) is 0.834. The van der Waals surface area contributed by atoms with Crippen LogP contribution in [0.25, 0.3) is 0 Å². The molecule has 2 aromatic heterocycles. The minimum Gasteiger partial charge on any atom is -0.382 e. The van der Waals surface area contributed by atoms with Crippen LogP contribution in [0.3, 0.4) is 0 Å². The second kappa shape index (κ2) is 5.62. The van der Waals surface area contributed by atoms with Crippen molar-refractivity contribution in [2.45, 2.75) is 25.4 Å². The van der Waals surface area contributed by atoms with Crippen LogP contribution >= 0.6 is 0 Å². The summed E-state index contributed by atoms with van der Waals surface area (Å²) in [5.41, 5.74) is 9.15. The largest absolute Gasteiger partial charge is 0.382 e. The zero-order chi connectivity index (χ0) is 15.8. The van der Waals surface area contributed by atoms with Gasteiger partial charge >= 0.3 is 0 Å². The van der Waals surface area contributed by atoms with E-state index >= 15 is 0 Å². The van der Waals surface area contributed by atoms with Crippen molar-refractivity contribution in [1.82, 2.24) is 25.1 Å². The van der Waals surface area contributed by atoms with Crippen LogP contribution in [0.15, 0.2) is 12.4 Å². The van der Waals surface area contributed by atoms with Crippen molar-refractivity contribution in [3.63, 3.8) is 0 Å². The predicted molar refractivity (Wildman–Crippen MR) is 81.7 cm³/mol. The van der Waals surface area contributed by atoms with Crippen LogP contribution in [0.2, 0.25) is 0 Å². The van der Waals surface area contributed by atoms with Gasteiger partial charge in [0.1, 0.15) is 17.6 Å². The lowest BCUT2D eigenvalue weighted by Gasteiger charge is -2.32. The lowest BCUT2D eigenvalue weighted by atomic mass is 10.1. The summed E-state index contributed by atoms with van der Waals surface area (Å²) in [6, 6.07) is 0. The number of rotatable bonds is 2. The fourth-order valence-electron chi connectivity index (χ4n) is 3.25. The van der Waals surface area contributed by atoms with Crippen LogP contribution in [-0.4, -0.2) is 50.7 Å². The van der Waals surface area contributed by atoms with Gasteiger partial charge in [0.05, 0.1) is 13.2 Å². The van der Waals surface area contributed by atoms with Gasteiger partial charge in [-0.15, -0.1) is 0 Å². The Kier molecular flexibility index (Phi) is 3.45. The Morgan fingerprint density at radius 3 is 3.09 bits per heavy atom. The van der Waals surface area contributed by atoms with E-state index in [-0.39, 0.29) is 12.0 Å². The highest BCUT2D eigenvalue weighted by atomic mass is 16.5. The highest BCUT2D eigenvalue weighted by Gasteiger charge is 2.32. The molecule has 1 aliphatic heterocycles. The van der Waals surface area contributed by atoms with Gasteiger partial charge in [-0.2, -0.15) is 5.10 Å². The fraction of sp³-hybridized carbons (Fsp3) is 0.467. The van der Waals surface area contributed by atoms with Crippen molar-refractivity contribution in [2.75, 3.05) is 25.4 Å². The summed E-state index contributed by atoms with van der Waals surface area (Å²) in [6.07, 6.45) is 5.73. The molecule has 1 amide bonds. The molecule has 120 valence electrons. The second-order valence-electron chi connectivity index (χ2n) is 5.82. The van der Waals surface area contributed by atoms with E-state index in [1.54, 1.807) is 11.1 Å². The Hall–Kier alpha value is -2.48. The number of amides is 1. The molecule has 4 rings (SSSR count). The van der Waals surface area contributed by atoms with Crippen LogP contribution < -0.4 is 5.73 Å².